The Morgan fingerprint density at radius 3 is 2.55 bits per heavy atom. The number of rotatable bonds is 5. The third-order valence-electron chi connectivity index (χ3n) is 3.04. The zero-order valence-electron chi connectivity index (χ0n) is 10.7. The summed E-state index contributed by atoms with van der Waals surface area (Å²) in [4.78, 5) is 11.2. The van der Waals surface area contributed by atoms with Crippen LogP contribution in [0.25, 0.3) is 0 Å². The van der Waals surface area contributed by atoms with E-state index in [1.54, 1.807) is 0 Å². The van der Waals surface area contributed by atoms with Crippen LogP contribution in [0.2, 0.25) is 0 Å². The Labute approximate surface area is 115 Å². The Balaban J connectivity index is 2.93. The molecule has 0 aromatic rings. The van der Waals surface area contributed by atoms with Crippen LogP contribution in [-0.2, 0) is 9.53 Å². The smallest absolute Gasteiger partial charge is 0.246 e. The summed E-state index contributed by atoms with van der Waals surface area (Å²) >= 11 is 0. The number of carbonyl (C=O) groups excluding carboxylic acids is 1. The van der Waals surface area contributed by atoms with Gasteiger partial charge in [0, 0.05) is 13.3 Å². The second-order valence-electron chi connectivity index (χ2n) is 4.79. The summed E-state index contributed by atoms with van der Waals surface area (Å²) in [6.07, 6.45) is -6.38. The molecule has 117 valence electrons. The molecule has 1 aliphatic heterocycles. The summed E-state index contributed by atoms with van der Waals surface area (Å²) in [5, 5.41) is 58.6. The molecule has 0 aliphatic carbocycles. The van der Waals surface area contributed by atoms with E-state index in [-0.39, 0.29) is 6.42 Å². The van der Waals surface area contributed by atoms with Crippen molar-refractivity contribution in [3.8, 4) is 0 Å². The van der Waals surface area contributed by atoms with Gasteiger partial charge in [-0.1, -0.05) is 0 Å². The summed E-state index contributed by atoms with van der Waals surface area (Å²) < 4.78 is 5.05. The second kappa shape index (κ2) is 6.76. The normalized spacial score (nSPS) is 37.2. The maximum atomic E-state index is 11.2. The predicted octanol–water partition coefficient (Wildman–Crippen LogP) is -4.15. The van der Waals surface area contributed by atoms with E-state index in [1.165, 1.54) is 0 Å². The summed E-state index contributed by atoms with van der Waals surface area (Å²) in [5.74, 6) is -2.84. The van der Waals surface area contributed by atoms with Crippen LogP contribution in [-0.4, -0.2) is 86.0 Å². The molecule has 0 aromatic carbocycles. The Morgan fingerprint density at radius 1 is 1.45 bits per heavy atom. The molecule has 1 fully saturated rings. The lowest BCUT2D eigenvalue weighted by Crippen LogP contribution is -2.65. The van der Waals surface area contributed by atoms with E-state index in [0.29, 0.717) is 0 Å². The zero-order valence-corrected chi connectivity index (χ0v) is 10.7. The van der Waals surface area contributed by atoms with Crippen molar-refractivity contribution in [1.82, 2.24) is 5.32 Å². The van der Waals surface area contributed by atoms with Crippen LogP contribution in [0, 0.1) is 6.92 Å². The van der Waals surface area contributed by atoms with Crippen LogP contribution < -0.4 is 5.32 Å². The van der Waals surface area contributed by atoms with Gasteiger partial charge in [0.25, 0.3) is 0 Å². The van der Waals surface area contributed by atoms with Gasteiger partial charge < -0.3 is 40.7 Å². The number of aliphatic hydroxyl groups excluding tert-OH is 5. The van der Waals surface area contributed by atoms with Gasteiger partial charge in [-0.3, -0.25) is 4.79 Å². The number of aliphatic hydroxyl groups is 6. The summed E-state index contributed by atoms with van der Waals surface area (Å²) in [6.45, 7) is 1.66. The van der Waals surface area contributed by atoms with Crippen molar-refractivity contribution in [2.24, 2.45) is 0 Å². The van der Waals surface area contributed by atoms with E-state index >= 15 is 0 Å². The number of nitrogens with one attached hydrogen (secondary N) is 1. The maximum absolute atomic E-state index is 11.2. The first-order valence-corrected chi connectivity index (χ1v) is 6.02. The van der Waals surface area contributed by atoms with E-state index < -0.39 is 55.4 Å². The zero-order chi connectivity index (χ0) is 15.5. The van der Waals surface area contributed by atoms with Gasteiger partial charge in [-0.15, -0.1) is 0 Å². The number of hydrogen-bond acceptors (Lipinski definition) is 8. The highest BCUT2D eigenvalue weighted by molar-refractivity contribution is 5.77. The van der Waals surface area contributed by atoms with Crippen LogP contribution in [0.5, 0.6) is 0 Å². The van der Waals surface area contributed by atoms with E-state index in [9.17, 15) is 25.2 Å². The van der Waals surface area contributed by atoms with E-state index in [2.05, 4.69) is 12.2 Å². The van der Waals surface area contributed by atoms with Gasteiger partial charge in [-0.05, 0) is 0 Å². The van der Waals surface area contributed by atoms with Crippen LogP contribution >= 0.6 is 0 Å². The minimum atomic E-state index is -2.01. The summed E-state index contributed by atoms with van der Waals surface area (Å²) in [6, 6.07) is -1.19. The van der Waals surface area contributed by atoms with Crippen molar-refractivity contribution in [1.29, 1.82) is 0 Å². The first kappa shape index (κ1) is 17.2. The Hall–Kier alpha value is -0.810. The molecule has 20 heavy (non-hydrogen) atoms. The van der Waals surface area contributed by atoms with Crippen molar-refractivity contribution < 1.29 is 40.2 Å². The monoisotopic (exact) mass is 294 g/mol. The lowest BCUT2D eigenvalue weighted by molar-refractivity contribution is -0.279. The average molecular weight is 294 g/mol. The summed E-state index contributed by atoms with van der Waals surface area (Å²) in [5.41, 5.74) is 0. The van der Waals surface area contributed by atoms with Crippen LogP contribution in [0.1, 0.15) is 6.42 Å². The summed E-state index contributed by atoms with van der Waals surface area (Å²) in [7, 11) is 0. The van der Waals surface area contributed by atoms with Gasteiger partial charge in [0.1, 0.15) is 24.9 Å². The highest BCUT2D eigenvalue weighted by Crippen LogP contribution is 2.29. The molecule has 0 unspecified atom stereocenters. The molecule has 0 bridgehead atoms. The molecule has 7 N–H and O–H groups in total. The van der Waals surface area contributed by atoms with Gasteiger partial charge in [0.05, 0.1) is 18.8 Å². The van der Waals surface area contributed by atoms with Gasteiger partial charge >= 0.3 is 0 Å². The standard InChI is InChI=1S/C11H20NO8/c1-11(19)2-5(15)8(12-7(17)4-14)10(20-11)9(18)6(16)3-13/h5-6,8-10,13-16,18-19H,1-4H2,(H,12,17)/t5-,6+,8+,9+,10+,11+/m0/s1. The number of hydrogen-bond donors (Lipinski definition) is 7. The lowest BCUT2D eigenvalue weighted by Gasteiger charge is -2.45. The van der Waals surface area contributed by atoms with Crippen molar-refractivity contribution >= 4 is 5.91 Å². The molecule has 9 nitrogen and oxygen atoms in total. The molecular weight excluding hydrogens is 274 g/mol. The second-order valence-corrected chi connectivity index (χ2v) is 4.79. The van der Waals surface area contributed by atoms with Crippen LogP contribution in [0.3, 0.4) is 0 Å². The van der Waals surface area contributed by atoms with Crippen molar-refractivity contribution in [2.75, 3.05) is 13.2 Å². The number of ether oxygens (including phenoxy) is 1. The molecule has 1 heterocycles. The minimum Gasteiger partial charge on any atom is -0.394 e. The fraction of sp³-hybridized carbons (Fsp3) is 0.818. The molecule has 6 atom stereocenters. The molecule has 1 rings (SSSR count). The first-order chi connectivity index (χ1) is 9.21. The third kappa shape index (κ3) is 4.09. The Bertz CT molecular complexity index is 336. The molecule has 1 saturated heterocycles. The third-order valence-corrected chi connectivity index (χ3v) is 3.04. The fourth-order valence-electron chi connectivity index (χ4n) is 2.07. The molecule has 1 amide bonds. The van der Waals surface area contributed by atoms with E-state index in [1.807, 2.05) is 0 Å². The quantitative estimate of drug-likeness (QED) is 0.269. The first-order valence-electron chi connectivity index (χ1n) is 6.02. The van der Waals surface area contributed by atoms with E-state index in [0.717, 1.165) is 0 Å². The highest BCUT2D eigenvalue weighted by Gasteiger charge is 2.48. The molecule has 0 spiro atoms. The lowest BCUT2D eigenvalue weighted by atomic mass is 9.89. The fourth-order valence-corrected chi connectivity index (χ4v) is 2.07. The molecule has 9 heteroatoms. The molecular formula is C11H20NO8. The van der Waals surface area contributed by atoms with Crippen molar-refractivity contribution in [2.45, 2.75) is 42.7 Å². The molecule has 1 radical (unpaired) electrons. The highest BCUT2D eigenvalue weighted by atomic mass is 16.6. The predicted molar refractivity (Wildman–Crippen MR) is 63.9 cm³/mol. The van der Waals surface area contributed by atoms with Gasteiger partial charge in [-0.2, -0.15) is 0 Å². The van der Waals surface area contributed by atoms with Gasteiger partial charge in [-0.25, -0.2) is 0 Å². The SMILES string of the molecule is [CH2][C@]1(O)C[C@H](O)[C@@H](NC(=O)CO)[C@H]([C@H](O)[C@H](O)CO)O1. The largest absolute Gasteiger partial charge is 0.394 e. The van der Waals surface area contributed by atoms with Gasteiger partial charge in [0.2, 0.25) is 5.91 Å². The molecule has 0 aromatic heterocycles. The van der Waals surface area contributed by atoms with E-state index in [4.69, 9.17) is 14.9 Å². The van der Waals surface area contributed by atoms with Crippen LogP contribution in [0.4, 0.5) is 0 Å². The average Bonchev–Trinajstić information content (AvgIpc) is 2.38. The topological polar surface area (TPSA) is 160 Å². The maximum Gasteiger partial charge on any atom is 0.246 e. The van der Waals surface area contributed by atoms with Crippen molar-refractivity contribution in [3.63, 3.8) is 0 Å². The number of amides is 1. The molecule has 0 saturated carbocycles. The minimum absolute atomic E-state index is 0.345. The number of carbonyl (C=O) groups is 1. The Morgan fingerprint density at radius 2 is 2.05 bits per heavy atom. The molecule has 1 aliphatic rings. The van der Waals surface area contributed by atoms with Gasteiger partial charge in [0.15, 0.2) is 5.79 Å². The van der Waals surface area contributed by atoms with Crippen LogP contribution in [0.15, 0.2) is 0 Å². The Kier molecular flexibility index (Phi) is 5.83. The van der Waals surface area contributed by atoms with Crippen molar-refractivity contribution in [3.05, 3.63) is 6.92 Å².